The highest BCUT2D eigenvalue weighted by Crippen LogP contribution is 2.29. The van der Waals surface area contributed by atoms with Crippen LogP contribution >= 0.6 is 0 Å². The number of aromatic carboxylic acids is 1. The smallest absolute Gasteiger partial charge is 0.335 e. The van der Waals surface area contributed by atoms with Gasteiger partial charge >= 0.3 is 5.97 Å². The van der Waals surface area contributed by atoms with Gasteiger partial charge in [0.25, 0.3) is 0 Å². The summed E-state index contributed by atoms with van der Waals surface area (Å²) in [6, 6.07) is 13.4. The first-order chi connectivity index (χ1) is 9.66. The first-order valence-electron chi connectivity index (χ1n) is 6.34. The minimum atomic E-state index is -0.897. The molecule has 0 saturated carbocycles. The van der Waals surface area contributed by atoms with Gasteiger partial charge in [0.05, 0.1) is 5.56 Å². The van der Waals surface area contributed by atoms with Crippen LogP contribution < -0.4 is 0 Å². The fourth-order valence-electron chi connectivity index (χ4n) is 2.39. The highest BCUT2D eigenvalue weighted by Gasteiger charge is 2.10. The van der Waals surface area contributed by atoms with Crippen LogP contribution in [0.3, 0.4) is 0 Å². The van der Waals surface area contributed by atoms with Crippen LogP contribution in [0.15, 0.2) is 54.9 Å². The zero-order valence-corrected chi connectivity index (χ0v) is 11.0. The van der Waals surface area contributed by atoms with E-state index in [1.54, 1.807) is 19.2 Å². The number of carboxylic acids is 1. The highest BCUT2D eigenvalue weighted by atomic mass is 16.4. The second-order valence-corrected chi connectivity index (χ2v) is 4.74. The van der Waals surface area contributed by atoms with Crippen molar-refractivity contribution in [3.8, 4) is 11.1 Å². The molecule has 1 aromatic heterocycles. The van der Waals surface area contributed by atoms with Gasteiger partial charge in [0, 0.05) is 17.8 Å². The molecule has 0 saturated heterocycles. The summed E-state index contributed by atoms with van der Waals surface area (Å²) in [5.41, 5.74) is 3.04. The maximum absolute atomic E-state index is 11.3. The minimum Gasteiger partial charge on any atom is -0.478 e. The number of hydrogen-bond acceptors (Lipinski definition) is 2. The van der Waals surface area contributed by atoms with Crippen LogP contribution in [0.1, 0.15) is 15.9 Å². The van der Waals surface area contributed by atoms with Gasteiger partial charge in [-0.05, 0) is 41.1 Å². The molecule has 0 spiro atoms. The second kappa shape index (κ2) is 4.78. The molecule has 0 radical (unpaired) electrons. The molecule has 3 aromatic rings. The Balaban J connectivity index is 2.26. The number of carboxylic acid groups (broad SMARTS) is 1. The van der Waals surface area contributed by atoms with Gasteiger partial charge in [-0.2, -0.15) is 0 Å². The lowest BCUT2D eigenvalue weighted by atomic mass is 9.96. The van der Waals surface area contributed by atoms with E-state index in [-0.39, 0.29) is 0 Å². The molecular formula is C17H13NO2. The van der Waals surface area contributed by atoms with E-state index in [1.165, 1.54) is 0 Å². The quantitative estimate of drug-likeness (QED) is 0.762. The molecule has 98 valence electrons. The van der Waals surface area contributed by atoms with Crippen molar-refractivity contribution >= 4 is 16.7 Å². The Bertz CT molecular complexity index is 804. The summed E-state index contributed by atoms with van der Waals surface area (Å²) in [6.45, 7) is 1.81. The fraction of sp³-hybridized carbons (Fsp3) is 0.0588. The average Bonchev–Trinajstić information content (AvgIpc) is 2.47. The Hall–Kier alpha value is -2.68. The van der Waals surface area contributed by atoms with E-state index in [1.807, 2.05) is 42.6 Å². The topological polar surface area (TPSA) is 50.2 Å². The van der Waals surface area contributed by atoms with Crippen LogP contribution in [0.5, 0.6) is 0 Å². The lowest BCUT2D eigenvalue weighted by Gasteiger charge is -2.09. The normalized spacial score (nSPS) is 10.7. The molecule has 20 heavy (non-hydrogen) atoms. The van der Waals surface area contributed by atoms with E-state index >= 15 is 0 Å². The number of rotatable bonds is 2. The third-order valence-electron chi connectivity index (χ3n) is 3.46. The van der Waals surface area contributed by atoms with Crippen molar-refractivity contribution in [1.82, 2.24) is 4.98 Å². The summed E-state index contributed by atoms with van der Waals surface area (Å²) in [5.74, 6) is -0.897. The Kier molecular flexibility index (Phi) is 2.95. The summed E-state index contributed by atoms with van der Waals surface area (Å²) in [6.07, 6.45) is 3.56. The number of pyridine rings is 1. The molecule has 2 aromatic carbocycles. The maximum atomic E-state index is 11.3. The molecule has 1 N–H and O–H groups in total. The Morgan fingerprint density at radius 3 is 2.80 bits per heavy atom. The predicted molar refractivity (Wildman–Crippen MR) is 78.9 cm³/mol. The molecule has 0 amide bonds. The van der Waals surface area contributed by atoms with Crippen LogP contribution in [-0.2, 0) is 0 Å². The first kappa shape index (κ1) is 12.4. The standard InChI is InChI=1S/C17H13NO2/c1-11-5-6-12(9-16(11)17(19)20)14-4-2-3-13-10-18-8-7-15(13)14/h2-10H,1H3,(H,19,20). The Labute approximate surface area is 116 Å². The number of fused-ring (bicyclic) bond motifs is 1. The molecule has 0 atom stereocenters. The molecule has 1 heterocycles. The largest absolute Gasteiger partial charge is 0.478 e. The van der Waals surface area contributed by atoms with Gasteiger partial charge in [-0.3, -0.25) is 4.98 Å². The summed E-state index contributed by atoms with van der Waals surface area (Å²) >= 11 is 0. The third-order valence-corrected chi connectivity index (χ3v) is 3.46. The second-order valence-electron chi connectivity index (χ2n) is 4.74. The molecule has 0 bridgehead atoms. The molecule has 3 rings (SSSR count). The first-order valence-corrected chi connectivity index (χ1v) is 6.34. The van der Waals surface area contributed by atoms with Crippen molar-refractivity contribution < 1.29 is 9.90 Å². The SMILES string of the molecule is Cc1ccc(-c2cccc3cnccc23)cc1C(=O)O. The number of aryl methyl sites for hydroxylation is 1. The van der Waals surface area contributed by atoms with E-state index < -0.39 is 5.97 Å². The molecule has 0 aliphatic carbocycles. The number of benzene rings is 2. The van der Waals surface area contributed by atoms with Crippen molar-refractivity contribution in [3.63, 3.8) is 0 Å². The molecule has 0 unspecified atom stereocenters. The zero-order valence-electron chi connectivity index (χ0n) is 11.0. The van der Waals surface area contributed by atoms with Gasteiger partial charge < -0.3 is 5.11 Å². The minimum absolute atomic E-state index is 0.341. The third kappa shape index (κ3) is 2.03. The number of nitrogens with zero attached hydrogens (tertiary/aromatic N) is 1. The van der Waals surface area contributed by atoms with Gasteiger partial charge in [-0.25, -0.2) is 4.79 Å². The Morgan fingerprint density at radius 1 is 1.15 bits per heavy atom. The van der Waals surface area contributed by atoms with Gasteiger partial charge in [-0.15, -0.1) is 0 Å². The van der Waals surface area contributed by atoms with Crippen LogP contribution in [0.4, 0.5) is 0 Å². The van der Waals surface area contributed by atoms with Crippen LogP contribution in [0.25, 0.3) is 21.9 Å². The average molecular weight is 263 g/mol. The van der Waals surface area contributed by atoms with Gasteiger partial charge in [0.1, 0.15) is 0 Å². The van der Waals surface area contributed by atoms with E-state index in [9.17, 15) is 9.90 Å². The van der Waals surface area contributed by atoms with E-state index in [2.05, 4.69) is 4.98 Å². The molecule has 0 fully saturated rings. The van der Waals surface area contributed by atoms with E-state index in [4.69, 9.17) is 0 Å². The molecule has 0 aliphatic heterocycles. The summed E-state index contributed by atoms with van der Waals surface area (Å²) < 4.78 is 0. The van der Waals surface area contributed by atoms with Crippen molar-refractivity contribution in [2.75, 3.05) is 0 Å². The van der Waals surface area contributed by atoms with Crippen molar-refractivity contribution in [2.24, 2.45) is 0 Å². The highest BCUT2D eigenvalue weighted by molar-refractivity contribution is 5.98. The van der Waals surface area contributed by atoms with Crippen LogP contribution in [0, 0.1) is 6.92 Å². The van der Waals surface area contributed by atoms with E-state index in [0.29, 0.717) is 5.56 Å². The fourth-order valence-corrected chi connectivity index (χ4v) is 2.39. The molecular weight excluding hydrogens is 250 g/mol. The monoisotopic (exact) mass is 263 g/mol. The zero-order chi connectivity index (χ0) is 14.1. The predicted octanol–water partition coefficient (Wildman–Crippen LogP) is 3.91. The van der Waals surface area contributed by atoms with Gasteiger partial charge in [-0.1, -0.05) is 30.3 Å². The van der Waals surface area contributed by atoms with Crippen molar-refractivity contribution in [1.29, 1.82) is 0 Å². The van der Waals surface area contributed by atoms with Gasteiger partial charge in [0.2, 0.25) is 0 Å². The lowest BCUT2D eigenvalue weighted by molar-refractivity contribution is 0.0696. The van der Waals surface area contributed by atoms with Gasteiger partial charge in [0.15, 0.2) is 0 Å². The number of carbonyl (C=O) groups is 1. The molecule has 0 aliphatic rings. The number of hydrogen-bond donors (Lipinski definition) is 1. The van der Waals surface area contributed by atoms with Crippen LogP contribution in [-0.4, -0.2) is 16.1 Å². The Morgan fingerprint density at radius 2 is 2.00 bits per heavy atom. The summed E-state index contributed by atoms with van der Waals surface area (Å²) in [4.78, 5) is 15.4. The van der Waals surface area contributed by atoms with E-state index in [0.717, 1.165) is 27.5 Å². The van der Waals surface area contributed by atoms with Crippen molar-refractivity contribution in [3.05, 3.63) is 66.0 Å². The lowest BCUT2D eigenvalue weighted by Crippen LogP contribution is -1.99. The maximum Gasteiger partial charge on any atom is 0.335 e. The van der Waals surface area contributed by atoms with Crippen LogP contribution in [0.2, 0.25) is 0 Å². The van der Waals surface area contributed by atoms with Crippen molar-refractivity contribution in [2.45, 2.75) is 6.92 Å². The summed E-state index contributed by atoms with van der Waals surface area (Å²) in [7, 11) is 0. The molecule has 3 nitrogen and oxygen atoms in total. The molecule has 3 heteroatoms. The summed E-state index contributed by atoms with van der Waals surface area (Å²) in [5, 5.41) is 11.4. The number of aromatic nitrogens is 1.